The van der Waals surface area contributed by atoms with Gasteiger partial charge < -0.3 is 10.2 Å². The van der Waals surface area contributed by atoms with Crippen molar-refractivity contribution in [2.24, 2.45) is 0 Å². The first-order valence-corrected chi connectivity index (χ1v) is 8.74. The van der Waals surface area contributed by atoms with Gasteiger partial charge in [-0.05, 0) is 39.2 Å². The van der Waals surface area contributed by atoms with Crippen molar-refractivity contribution in [2.45, 2.75) is 39.7 Å². The van der Waals surface area contributed by atoms with Gasteiger partial charge in [-0.2, -0.15) is 0 Å². The number of hydrogen-bond acceptors (Lipinski definition) is 6. The van der Waals surface area contributed by atoms with Crippen molar-refractivity contribution < 1.29 is 4.79 Å². The zero-order valence-electron chi connectivity index (χ0n) is 13.5. The van der Waals surface area contributed by atoms with Crippen molar-refractivity contribution in [1.82, 2.24) is 20.3 Å². The lowest BCUT2D eigenvalue weighted by Gasteiger charge is -2.26. The number of nitrogens with one attached hydrogen (secondary N) is 1. The van der Waals surface area contributed by atoms with Crippen LogP contribution in [0.15, 0.2) is 12.3 Å². The van der Waals surface area contributed by atoms with Crippen molar-refractivity contribution in [1.29, 1.82) is 0 Å². The number of anilines is 1. The third-order valence-electron chi connectivity index (χ3n) is 3.88. The van der Waals surface area contributed by atoms with E-state index in [0.29, 0.717) is 11.4 Å². The van der Waals surface area contributed by atoms with Gasteiger partial charge in [-0.25, -0.2) is 15.0 Å². The molecule has 6 nitrogen and oxygen atoms in total. The first-order valence-electron chi connectivity index (χ1n) is 7.92. The Bertz CT molecular complexity index is 694. The van der Waals surface area contributed by atoms with Gasteiger partial charge in [-0.15, -0.1) is 11.3 Å². The summed E-state index contributed by atoms with van der Waals surface area (Å²) in [6.07, 6.45) is 5.42. The van der Waals surface area contributed by atoms with E-state index in [4.69, 9.17) is 0 Å². The highest BCUT2D eigenvalue weighted by atomic mass is 32.1. The van der Waals surface area contributed by atoms with Gasteiger partial charge in [0.15, 0.2) is 0 Å². The molecule has 0 aromatic carbocycles. The number of rotatable bonds is 4. The average molecular weight is 331 g/mol. The van der Waals surface area contributed by atoms with Gasteiger partial charge in [0.2, 0.25) is 5.95 Å². The molecule has 1 aliphatic rings. The topological polar surface area (TPSA) is 71.0 Å². The molecule has 1 saturated heterocycles. The molecular formula is C16H21N5OS. The fourth-order valence-corrected chi connectivity index (χ4v) is 3.56. The maximum Gasteiger partial charge on any atom is 0.263 e. The highest BCUT2D eigenvalue weighted by Gasteiger charge is 2.15. The third kappa shape index (κ3) is 3.85. The molecule has 2 aromatic heterocycles. The number of hydrogen-bond donors (Lipinski definition) is 1. The molecule has 1 aliphatic heterocycles. The molecule has 0 atom stereocenters. The Morgan fingerprint density at radius 3 is 2.74 bits per heavy atom. The van der Waals surface area contributed by atoms with Gasteiger partial charge in [0.05, 0.1) is 22.9 Å². The molecule has 0 spiro atoms. The molecule has 122 valence electrons. The van der Waals surface area contributed by atoms with Crippen molar-refractivity contribution in [2.75, 3.05) is 18.0 Å². The Balaban J connectivity index is 1.64. The maximum atomic E-state index is 12.2. The van der Waals surface area contributed by atoms with Crippen LogP contribution in [0.1, 0.15) is 45.3 Å². The van der Waals surface area contributed by atoms with Crippen LogP contribution >= 0.6 is 11.3 Å². The van der Waals surface area contributed by atoms with E-state index in [0.717, 1.165) is 35.4 Å². The van der Waals surface area contributed by atoms with Gasteiger partial charge >= 0.3 is 0 Å². The van der Waals surface area contributed by atoms with Crippen LogP contribution in [0, 0.1) is 13.8 Å². The Morgan fingerprint density at radius 1 is 1.26 bits per heavy atom. The van der Waals surface area contributed by atoms with Crippen LogP contribution < -0.4 is 10.2 Å². The van der Waals surface area contributed by atoms with Crippen LogP contribution in [0.3, 0.4) is 0 Å². The molecule has 7 heteroatoms. The lowest BCUT2D eigenvalue weighted by atomic mass is 10.1. The number of carbonyl (C=O) groups is 1. The summed E-state index contributed by atoms with van der Waals surface area (Å²) in [4.78, 5) is 28.4. The molecule has 3 rings (SSSR count). The van der Waals surface area contributed by atoms with E-state index < -0.39 is 0 Å². The van der Waals surface area contributed by atoms with Gasteiger partial charge in [0, 0.05) is 19.3 Å². The van der Waals surface area contributed by atoms with Crippen LogP contribution in [0.4, 0.5) is 5.95 Å². The Labute approximate surface area is 140 Å². The maximum absolute atomic E-state index is 12.2. The first kappa shape index (κ1) is 15.9. The molecule has 2 aromatic rings. The molecule has 1 N–H and O–H groups in total. The summed E-state index contributed by atoms with van der Waals surface area (Å²) in [6, 6.07) is 1.85. The first-order chi connectivity index (χ1) is 11.1. The summed E-state index contributed by atoms with van der Waals surface area (Å²) in [5.41, 5.74) is 1.61. The highest BCUT2D eigenvalue weighted by Crippen LogP contribution is 2.17. The van der Waals surface area contributed by atoms with E-state index in [1.807, 2.05) is 19.9 Å². The van der Waals surface area contributed by atoms with E-state index in [9.17, 15) is 4.79 Å². The second kappa shape index (κ2) is 7.04. The van der Waals surface area contributed by atoms with Crippen LogP contribution in [0.25, 0.3) is 0 Å². The summed E-state index contributed by atoms with van der Waals surface area (Å²) in [6.45, 7) is 6.18. The monoisotopic (exact) mass is 331 g/mol. The van der Waals surface area contributed by atoms with E-state index in [-0.39, 0.29) is 5.91 Å². The Kier molecular flexibility index (Phi) is 4.85. The summed E-state index contributed by atoms with van der Waals surface area (Å²) >= 11 is 1.42. The van der Waals surface area contributed by atoms with E-state index in [1.54, 1.807) is 6.20 Å². The molecule has 0 radical (unpaired) electrons. The molecule has 0 unspecified atom stereocenters. The summed E-state index contributed by atoms with van der Waals surface area (Å²) < 4.78 is 0. The van der Waals surface area contributed by atoms with Crippen LogP contribution in [0.2, 0.25) is 0 Å². The molecule has 1 amide bonds. The predicted octanol–water partition coefficient (Wildman–Crippen LogP) is 2.47. The average Bonchev–Trinajstić information content (AvgIpc) is 2.92. The number of aryl methyl sites for hydroxylation is 2. The Hall–Kier alpha value is -2.02. The number of amides is 1. The van der Waals surface area contributed by atoms with Crippen molar-refractivity contribution >= 4 is 23.2 Å². The SMILES string of the molecule is Cc1nc(C)c(C(=O)NCc2ccnc(N3CCCCC3)n2)s1. The zero-order chi connectivity index (χ0) is 16.2. The smallest absolute Gasteiger partial charge is 0.263 e. The molecule has 0 bridgehead atoms. The number of thiazole rings is 1. The standard InChI is InChI=1S/C16H21N5OS/c1-11-14(23-12(2)19-11)15(22)18-10-13-6-7-17-16(20-13)21-8-4-3-5-9-21/h6-7H,3-5,8-10H2,1-2H3,(H,18,22). The quantitative estimate of drug-likeness (QED) is 0.932. The number of aromatic nitrogens is 3. The lowest BCUT2D eigenvalue weighted by Crippen LogP contribution is -2.31. The third-order valence-corrected chi connectivity index (χ3v) is 4.95. The second-order valence-electron chi connectivity index (χ2n) is 5.73. The number of piperidine rings is 1. The van der Waals surface area contributed by atoms with Crippen LogP contribution in [-0.4, -0.2) is 33.9 Å². The molecular weight excluding hydrogens is 310 g/mol. The molecule has 1 fully saturated rings. The number of carbonyl (C=O) groups excluding carboxylic acids is 1. The molecule has 0 aliphatic carbocycles. The van der Waals surface area contributed by atoms with Gasteiger partial charge in [-0.1, -0.05) is 0 Å². The van der Waals surface area contributed by atoms with E-state index >= 15 is 0 Å². The lowest BCUT2D eigenvalue weighted by molar-refractivity contribution is 0.0953. The van der Waals surface area contributed by atoms with Crippen LogP contribution in [-0.2, 0) is 6.54 Å². The predicted molar refractivity (Wildman–Crippen MR) is 90.9 cm³/mol. The minimum Gasteiger partial charge on any atom is -0.346 e. The zero-order valence-corrected chi connectivity index (χ0v) is 14.3. The van der Waals surface area contributed by atoms with Crippen molar-refractivity contribution in [3.8, 4) is 0 Å². The second-order valence-corrected chi connectivity index (χ2v) is 6.93. The summed E-state index contributed by atoms with van der Waals surface area (Å²) in [5.74, 6) is 0.674. The van der Waals surface area contributed by atoms with E-state index in [2.05, 4.69) is 25.2 Å². The normalized spacial score (nSPS) is 14.8. The minimum absolute atomic E-state index is 0.0914. The Morgan fingerprint density at radius 2 is 2.04 bits per heavy atom. The van der Waals surface area contributed by atoms with Crippen molar-refractivity contribution in [3.63, 3.8) is 0 Å². The number of nitrogens with zero attached hydrogens (tertiary/aromatic N) is 4. The highest BCUT2D eigenvalue weighted by molar-refractivity contribution is 7.13. The molecule has 0 saturated carbocycles. The fourth-order valence-electron chi connectivity index (χ4n) is 2.72. The fraction of sp³-hybridized carbons (Fsp3) is 0.500. The summed E-state index contributed by atoms with van der Waals surface area (Å²) in [7, 11) is 0. The minimum atomic E-state index is -0.0914. The van der Waals surface area contributed by atoms with Gasteiger partial charge in [0.1, 0.15) is 4.88 Å². The van der Waals surface area contributed by atoms with Crippen LogP contribution in [0.5, 0.6) is 0 Å². The largest absolute Gasteiger partial charge is 0.346 e. The van der Waals surface area contributed by atoms with Crippen molar-refractivity contribution in [3.05, 3.63) is 33.5 Å². The molecule has 23 heavy (non-hydrogen) atoms. The van der Waals surface area contributed by atoms with Gasteiger partial charge in [-0.3, -0.25) is 4.79 Å². The molecule has 3 heterocycles. The van der Waals surface area contributed by atoms with E-state index in [1.165, 1.54) is 30.6 Å². The van der Waals surface area contributed by atoms with Gasteiger partial charge in [0.25, 0.3) is 5.91 Å². The summed E-state index contributed by atoms with van der Waals surface area (Å²) in [5, 5.41) is 3.83.